The number of allylic oxidation sites excluding steroid dienone is 7. The molecule has 0 aromatic heterocycles. The highest BCUT2D eigenvalue weighted by atomic mass is 16.7. The molecule has 1 aliphatic heterocycles. The van der Waals surface area contributed by atoms with Gasteiger partial charge in [0, 0.05) is 6.42 Å². The first-order valence-corrected chi connectivity index (χ1v) is 28.4. The topological polar surface area (TPSA) is 149 Å². The maximum absolute atomic E-state index is 13.0. The molecule has 0 bridgehead atoms. The minimum absolute atomic E-state index is 0.190. The van der Waals surface area contributed by atoms with Crippen molar-refractivity contribution in [2.45, 2.75) is 301 Å². The Balaban J connectivity index is 2.28. The van der Waals surface area contributed by atoms with E-state index in [9.17, 15) is 30.3 Å². The van der Waals surface area contributed by atoms with Crippen LogP contribution in [0.4, 0.5) is 0 Å². The van der Waals surface area contributed by atoms with Crippen molar-refractivity contribution >= 4 is 5.91 Å². The number of carbonyl (C=O) groups is 1. The number of nitrogens with one attached hydrogen (secondary N) is 1. The summed E-state index contributed by atoms with van der Waals surface area (Å²) in [5, 5.41) is 54.4. The van der Waals surface area contributed by atoms with E-state index in [-0.39, 0.29) is 12.5 Å². The Morgan fingerprint density at radius 1 is 0.493 bits per heavy atom. The summed E-state index contributed by atoms with van der Waals surface area (Å²) in [5.41, 5.74) is 0. The van der Waals surface area contributed by atoms with Crippen molar-refractivity contribution in [1.82, 2.24) is 5.32 Å². The summed E-state index contributed by atoms with van der Waals surface area (Å²) in [6.07, 6.45) is 56.0. The monoisotopic (exact) mass is 946 g/mol. The SMILES string of the molecule is CCCCCCCCCC/C=C\CCCCCCCCCCCCCC(=O)NC(COC1OC(CO)C(O)C(O)C1O)C(O)/C=C/CC/C=C/CC/C=C/CCCCCCCCCCCCC. The van der Waals surface area contributed by atoms with Crippen LogP contribution in [0.2, 0.25) is 0 Å². The van der Waals surface area contributed by atoms with Crippen LogP contribution < -0.4 is 5.32 Å². The van der Waals surface area contributed by atoms with Crippen LogP contribution >= 0.6 is 0 Å². The summed E-state index contributed by atoms with van der Waals surface area (Å²) in [6.45, 7) is 3.77. The van der Waals surface area contributed by atoms with Gasteiger partial charge in [-0.2, -0.15) is 0 Å². The summed E-state index contributed by atoms with van der Waals surface area (Å²) >= 11 is 0. The summed E-state index contributed by atoms with van der Waals surface area (Å²) in [5.74, 6) is -0.190. The molecule has 1 saturated heterocycles. The van der Waals surface area contributed by atoms with E-state index >= 15 is 0 Å². The predicted molar refractivity (Wildman–Crippen MR) is 281 cm³/mol. The van der Waals surface area contributed by atoms with Crippen LogP contribution in [0.15, 0.2) is 48.6 Å². The molecule has 1 fully saturated rings. The zero-order chi connectivity index (χ0) is 48.7. The summed E-state index contributed by atoms with van der Waals surface area (Å²) in [6, 6.07) is -0.829. The normalized spacial score (nSPS) is 20.0. The molecule has 67 heavy (non-hydrogen) atoms. The zero-order valence-electron chi connectivity index (χ0n) is 43.4. The number of ether oxygens (including phenoxy) is 2. The second kappa shape index (κ2) is 47.8. The lowest BCUT2D eigenvalue weighted by atomic mass is 9.99. The molecular formula is C58H107NO8. The molecular weight excluding hydrogens is 839 g/mol. The second-order valence-electron chi connectivity index (χ2n) is 19.7. The van der Waals surface area contributed by atoms with E-state index in [4.69, 9.17) is 9.47 Å². The maximum Gasteiger partial charge on any atom is 0.220 e. The Kier molecular flexibility index (Phi) is 45.1. The van der Waals surface area contributed by atoms with E-state index in [0.29, 0.717) is 6.42 Å². The molecule has 0 aromatic carbocycles. The first-order chi connectivity index (χ1) is 32.8. The minimum Gasteiger partial charge on any atom is -0.394 e. The van der Waals surface area contributed by atoms with Gasteiger partial charge in [0.05, 0.1) is 25.4 Å². The van der Waals surface area contributed by atoms with Crippen molar-refractivity contribution in [3.8, 4) is 0 Å². The van der Waals surface area contributed by atoms with Crippen molar-refractivity contribution in [3.05, 3.63) is 48.6 Å². The van der Waals surface area contributed by atoms with E-state index < -0.39 is 49.5 Å². The van der Waals surface area contributed by atoms with Crippen molar-refractivity contribution < 1.29 is 39.8 Å². The molecule has 0 saturated carbocycles. The third-order valence-electron chi connectivity index (χ3n) is 13.4. The standard InChI is InChI=1S/C58H107NO8/c1-3-5-7-9-11-13-15-17-19-21-23-25-26-28-30-32-34-36-38-40-42-44-46-48-54(62)59-51(50-66-58-57(65)56(64)55(63)53(49-60)67-58)52(61)47-45-43-41-39-37-35-33-31-29-27-24-22-20-18-16-14-12-10-8-6-4-2/h21,23,29,31,37,39,45,47,51-53,55-58,60-61,63-65H,3-20,22,24-28,30,32-36,38,40-44,46,48-50H2,1-2H3,(H,59,62)/b23-21-,31-29+,39-37+,47-45+. The number of hydrogen-bond donors (Lipinski definition) is 6. The van der Waals surface area contributed by atoms with E-state index in [1.807, 2.05) is 6.08 Å². The summed E-state index contributed by atoms with van der Waals surface area (Å²) < 4.78 is 11.2. The fourth-order valence-corrected chi connectivity index (χ4v) is 8.83. The summed E-state index contributed by atoms with van der Waals surface area (Å²) in [4.78, 5) is 13.0. The molecule has 9 nitrogen and oxygen atoms in total. The smallest absolute Gasteiger partial charge is 0.220 e. The lowest BCUT2D eigenvalue weighted by Crippen LogP contribution is -2.60. The fraction of sp³-hybridized carbons (Fsp3) is 0.845. The van der Waals surface area contributed by atoms with Crippen LogP contribution in [0.5, 0.6) is 0 Å². The van der Waals surface area contributed by atoms with Gasteiger partial charge in [-0.15, -0.1) is 0 Å². The molecule has 1 heterocycles. The molecule has 7 atom stereocenters. The molecule has 1 rings (SSSR count). The molecule has 0 aliphatic carbocycles. The average Bonchev–Trinajstić information content (AvgIpc) is 3.33. The van der Waals surface area contributed by atoms with Crippen molar-refractivity contribution in [1.29, 1.82) is 0 Å². The highest BCUT2D eigenvalue weighted by Crippen LogP contribution is 2.23. The molecule has 0 spiro atoms. The summed E-state index contributed by atoms with van der Waals surface area (Å²) in [7, 11) is 0. The Morgan fingerprint density at radius 2 is 0.851 bits per heavy atom. The highest BCUT2D eigenvalue weighted by molar-refractivity contribution is 5.76. The third-order valence-corrected chi connectivity index (χ3v) is 13.4. The number of aliphatic hydroxyl groups is 5. The van der Waals surface area contributed by atoms with Gasteiger partial charge in [0.2, 0.25) is 5.91 Å². The molecule has 392 valence electrons. The Bertz CT molecular complexity index is 1190. The van der Waals surface area contributed by atoms with Crippen LogP contribution in [0.3, 0.4) is 0 Å². The number of amides is 1. The Hall–Kier alpha value is -1.85. The van der Waals surface area contributed by atoms with Crippen molar-refractivity contribution in [2.75, 3.05) is 13.2 Å². The zero-order valence-corrected chi connectivity index (χ0v) is 43.4. The van der Waals surface area contributed by atoms with Gasteiger partial charge in [-0.05, 0) is 70.6 Å². The molecule has 1 amide bonds. The maximum atomic E-state index is 13.0. The van der Waals surface area contributed by atoms with Crippen LogP contribution in [0.25, 0.3) is 0 Å². The van der Waals surface area contributed by atoms with Crippen LogP contribution in [0, 0.1) is 0 Å². The largest absolute Gasteiger partial charge is 0.394 e. The molecule has 9 heteroatoms. The molecule has 0 radical (unpaired) electrons. The fourth-order valence-electron chi connectivity index (χ4n) is 8.83. The molecule has 6 N–H and O–H groups in total. The van der Waals surface area contributed by atoms with Gasteiger partial charge >= 0.3 is 0 Å². The number of carbonyl (C=O) groups excluding carboxylic acids is 1. The van der Waals surface area contributed by atoms with Gasteiger partial charge in [0.15, 0.2) is 6.29 Å². The molecule has 1 aliphatic rings. The van der Waals surface area contributed by atoms with Gasteiger partial charge in [-0.3, -0.25) is 4.79 Å². The van der Waals surface area contributed by atoms with Gasteiger partial charge < -0.3 is 40.3 Å². The number of hydrogen-bond acceptors (Lipinski definition) is 8. The van der Waals surface area contributed by atoms with Crippen LogP contribution in [-0.2, 0) is 14.3 Å². The Morgan fingerprint density at radius 3 is 1.25 bits per heavy atom. The predicted octanol–water partition coefficient (Wildman–Crippen LogP) is 13.7. The second-order valence-corrected chi connectivity index (χ2v) is 19.7. The number of rotatable bonds is 48. The van der Waals surface area contributed by atoms with Crippen molar-refractivity contribution in [2.24, 2.45) is 0 Å². The first-order valence-electron chi connectivity index (χ1n) is 28.4. The van der Waals surface area contributed by atoms with Crippen LogP contribution in [0.1, 0.15) is 258 Å². The number of unbranched alkanes of at least 4 members (excludes halogenated alkanes) is 32. The number of aliphatic hydroxyl groups excluding tert-OH is 5. The highest BCUT2D eigenvalue weighted by Gasteiger charge is 2.44. The van der Waals surface area contributed by atoms with E-state index in [1.165, 1.54) is 193 Å². The van der Waals surface area contributed by atoms with Crippen LogP contribution in [-0.4, -0.2) is 87.5 Å². The van der Waals surface area contributed by atoms with E-state index in [0.717, 1.165) is 44.9 Å². The van der Waals surface area contributed by atoms with Gasteiger partial charge in [-0.25, -0.2) is 0 Å². The van der Waals surface area contributed by atoms with E-state index in [2.05, 4.69) is 55.6 Å². The minimum atomic E-state index is -1.58. The quantitative estimate of drug-likeness (QED) is 0.0261. The van der Waals surface area contributed by atoms with Gasteiger partial charge in [-0.1, -0.05) is 229 Å². The Labute approximate surface area is 412 Å². The van der Waals surface area contributed by atoms with E-state index in [1.54, 1.807) is 6.08 Å². The van der Waals surface area contributed by atoms with Gasteiger partial charge in [0.25, 0.3) is 0 Å². The first kappa shape index (κ1) is 63.2. The lowest BCUT2D eigenvalue weighted by molar-refractivity contribution is -0.302. The van der Waals surface area contributed by atoms with Gasteiger partial charge in [0.1, 0.15) is 24.4 Å². The lowest BCUT2D eigenvalue weighted by Gasteiger charge is -2.40. The molecule has 7 unspecified atom stereocenters. The average molecular weight is 946 g/mol. The molecule has 0 aromatic rings. The van der Waals surface area contributed by atoms with Crippen molar-refractivity contribution in [3.63, 3.8) is 0 Å². The third kappa shape index (κ3) is 37.6.